The highest BCUT2D eigenvalue weighted by atomic mass is 16.1. The highest BCUT2D eigenvalue weighted by Crippen LogP contribution is 2.31. The lowest BCUT2D eigenvalue weighted by Crippen LogP contribution is -2.34. The number of amides is 1. The molecular formula is C22H24N4O. The molecule has 2 heterocycles. The number of hydrogen-bond acceptors (Lipinski definition) is 3. The molecule has 27 heavy (non-hydrogen) atoms. The van der Waals surface area contributed by atoms with Crippen molar-refractivity contribution in [1.29, 1.82) is 0 Å². The van der Waals surface area contributed by atoms with Gasteiger partial charge in [0.2, 0.25) is 0 Å². The molecule has 1 saturated carbocycles. The molecule has 0 unspecified atom stereocenters. The largest absolute Gasteiger partial charge is 0.349 e. The van der Waals surface area contributed by atoms with Crippen molar-refractivity contribution in [2.75, 3.05) is 0 Å². The van der Waals surface area contributed by atoms with E-state index >= 15 is 0 Å². The number of aromatic nitrogens is 3. The van der Waals surface area contributed by atoms with Crippen LogP contribution < -0.4 is 5.32 Å². The summed E-state index contributed by atoms with van der Waals surface area (Å²) in [7, 11) is 0. The van der Waals surface area contributed by atoms with Gasteiger partial charge in [-0.1, -0.05) is 18.2 Å². The fourth-order valence-corrected chi connectivity index (χ4v) is 3.22. The lowest BCUT2D eigenvalue weighted by Gasteiger charge is -2.14. The third-order valence-corrected chi connectivity index (χ3v) is 4.90. The first kappa shape index (κ1) is 17.5. The number of nitrogens with zero attached hydrogens (tertiary/aromatic N) is 3. The Labute approximate surface area is 159 Å². The average Bonchev–Trinajstić information content (AvgIpc) is 3.37. The molecular weight excluding hydrogens is 336 g/mol. The summed E-state index contributed by atoms with van der Waals surface area (Å²) in [6.07, 6.45) is 11.0. The van der Waals surface area contributed by atoms with Crippen LogP contribution in [-0.2, 0) is 13.0 Å². The normalized spacial score (nSPS) is 14.7. The number of carbonyl (C=O) groups excluding carboxylic acids is 1. The van der Waals surface area contributed by atoms with E-state index in [4.69, 9.17) is 0 Å². The van der Waals surface area contributed by atoms with Crippen LogP contribution in [0.25, 0.3) is 11.1 Å². The van der Waals surface area contributed by atoms with Gasteiger partial charge >= 0.3 is 0 Å². The molecule has 5 heteroatoms. The first-order chi connectivity index (χ1) is 13.2. The number of nitrogens with one attached hydrogen (secondary N) is 1. The lowest BCUT2D eigenvalue weighted by atomic mass is 10.1. The number of pyridine rings is 1. The number of hydrogen-bond donors (Lipinski definition) is 1. The predicted molar refractivity (Wildman–Crippen MR) is 105 cm³/mol. The summed E-state index contributed by atoms with van der Waals surface area (Å²) in [5, 5.41) is 7.50. The van der Waals surface area contributed by atoms with Crippen molar-refractivity contribution in [2.24, 2.45) is 5.92 Å². The average molecular weight is 360 g/mol. The van der Waals surface area contributed by atoms with E-state index in [0.717, 1.165) is 35.6 Å². The zero-order valence-corrected chi connectivity index (χ0v) is 15.5. The molecule has 1 amide bonds. The molecule has 1 atom stereocenters. The molecule has 0 spiro atoms. The zero-order valence-electron chi connectivity index (χ0n) is 15.5. The zero-order chi connectivity index (χ0) is 18.6. The van der Waals surface area contributed by atoms with E-state index in [2.05, 4.69) is 21.6 Å². The number of carbonyl (C=O) groups is 1. The molecule has 2 aromatic heterocycles. The van der Waals surface area contributed by atoms with Gasteiger partial charge in [-0.05, 0) is 61.4 Å². The summed E-state index contributed by atoms with van der Waals surface area (Å²) in [5.41, 5.74) is 3.95. The standard InChI is InChI=1S/C22H24N4O/c1-16(11-18-3-2-10-23-12-18)25-22(27)20-8-6-19(7-9-20)21-13-24-26(15-21)14-17-4-5-17/h2-3,6-10,12-13,15-17H,4-5,11,14H2,1H3,(H,25,27)/t16-/m0/s1. The van der Waals surface area contributed by atoms with Crippen molar-refractivity contribution in [2.45, 2.75) is 38.8 Å². The Balaban J connectivity index is 1.36. The Morgan fingerprint density at radius 1 is 1.19 bits per heavy atom. The Morgan fingerprint density at radius 2 is 2.00 bits per heavy atom. The van der Waals surface area contributed by atoms with Crippen LogP contribution in [0.2, 0.25) is 0 Å². The first-order valence-corrected chi connectivity index (χ1v) is 9.50. The van der Waals surface area contributed by atoms with E-state index in [1.54, 1.807) is 6.20 Å². The monoisotopic (exact) mass is 360 g/mol. The third kappa shape index (κ3) is 4.61. The highest BCUT2D eigenvalue weighted by Gasteiger charge is 2.22. The Hall–Kier alpha value is -2.95. The lowest BCUT2D eigenvalue weighted by molar-refractivity contribution is 0.0940. The quantitative estimate of drug-likeness (QED) is 0.699. The van der Waals surface area contributed by atoms with Crippen LogP contribution in [0.15, 0.2) is 61.2 Å². The maximum absolute atomic E-state index is 12.5. The molecule has 1 aromatic carbocycles. The number of rotatable bonds is 7. The SMILES string of the molecule is C[C@@H](Cc1cccnc1)NC(=O)c1ccc(-c2cnn(CC3CC3)c2)cc1. The minimum atomic E-state index is -0.0534. The summed E-state index contributed by atoms with van der Waals surface area (Å²) in [5.74, 6) is 0.750. The van der Waals surface area contributed by atoms with Crippen LogP contribution in [0.4, 0.5) is 0 Å². The summed E-state index contributed by atoms with van der Waals surface area (Å²) >= 11 is 0. The van der Waals surface area contributed by atoms with Crippen LogP contribution in [0.3, 0.4) is 0 Å². The molecule has 1 N–H and O–H groups in total. The fraction of sp³-hybridized carbons (Fsp3) is 0.318. The van der Waals surface area contributed by atoms with E-state index in [1.165, 1.54) is 12.8 Å². The molecule has 3 aromatic rings. The van der Waals surface area contributed by atoms with Gasteiger partial charge < -0.3 is 5.32 Å². The van der Waals surface area contributed by atoms with Crippen LogP contribution in [-0.4, -0.2) is 26.7 Å². The summed E-state index contributed by atoms with van der Waals surface area (Å²) in [6.45, 7) is 3.02. The van der Waals surface area contributed by atoms with Crippen LogP contribution in [0.5, 0.6) is 0 Å². The molecule has 0 bridgehead atoms. The first-order valence-electron chi connectivity index (χ1n) is 9.50. The van der Waals surface area contributed by atoms with Gasteiger partial charge in [0.15, 0.2) is 0 Å². The summed E-state index contributed by atoms with van der Waals surface area (Å²) in [6, 6.07) is 11.7. The van der Waals surface area contributed by atoms with Gasteiger partial charge in [-0.2, -0.15) is 5.10 Å². The van der Waals surface area contributed by atoms with E-state index < -0.39 is 0 Å². The van der Waals surface area contributed by atoms with E-state index in [9.17, 15) is 4.79 Å². The van der Waals surface area contributed by atoms with Crippen molar-refractivity contribution in [3.8, 4) is 11.1 Å². The van der Waals surface area contributed by atoms with Crippen molar-refractivity contribution >= 4 is 5.91 Å². The minimum absolute atomic E-state index is 0.0435. The van der Waals surface area contributed by atoms with E-state index in [-0.39, 0.29) is 11.9 Å². The Morgan fingerprint density at radius 3 is 2.70 bits per heavy atom. The van der Waals surface area contributed by atoms with Crippen LogP contribution in [0.1, 0.15) is 35.7 Å². The smallest absolute Gasteiger partial charge is 0.251 e. The Bertz CT molecular complexity index is 898. The molecule has 0 radical (unpaired) electrons. The molecule has 0 aliphatic heterocycles. The number of benzene rings is 1. The molecule has 1 fully saturated rings. The van der Waals surface area contributed by atoms with Crippen molar-refractivity contribution in [3.63, 3.8) is 0 Å². The minimum Gasteiger partial charge on any atom is -0.349 e. The van der Waals surface area contributed by atoms with Crippen molar-refractivity contribution < 1.29 is 4.79 Å². The van der Waals surface area contributed by atoms with Gasteiger partial charge in [-0.25, -0.2) is 0 Å². The van der Waals surface area contributed by atoms with E-state index in [0.29, 0.717) is 5.56 Å². The molecule has 0 saturated heterocycles. The van der Waals surface area contributed by atoms with Crippen molar-refractivity contribution in [1.82, 2.24) is 20.1 Å². The molecule has 138 valence electrons. The third-order valence-electron chi connectivity index (χ3n) is 4.90. The van der Waals surface area contributed by atoms with Gasteiger partial charge in [0, 0.05) is 42.3 Å². The molecule has 4 rings (SSSR count). The van der Waals surface area contributed by atoms with Gasteiger partial charge in [0.05, 0.1) is 6.20 Å². The van der Waals surface area contributed by atoms with Gasteiger partial charge in [0.25, 0.3) is 5.91 Å². The van der Waals surface area contributed by atoms with Crippen LogP contribution in [0, 0.1) is 5.92 Å². The molecule has 5 nitrogen and oxygen atoms in total. The highest BCUT2D eigenvalue weighted by molar-refractivity contribution is 5.94. The van der Waals surface area contributed by atoms with Crippen molar-refractivity contribution in [3.05, 3.63) is 72.3 Å². The maximum atomic E-state index is 12.5. The maximum Gasteiger partial charge on any atom is 0.251 e. The fourth-order valence-electron chi connectivity index (χ4n) is 3.22. The summed E-state index contributed by atoms with van der Waals surface area (Å²) < 4.78 is 2.02. The Kier molecular flexibility index (Phi) is 5.01. The topological polar surface area (TPSA) is 59.8 Å². The summed E-state index contributed by atoms with van der Waals surface area (Å²) in [4.78, 5) is 16.6. The van der Waals surface area contributed by atoms with Gasteiger partial charge in [0.1, 0.15) is 0 Å². The van der Waals surface area contributed by atoms with Crippen LogP contribution >= 0.6 is 0 Å². The second kappa shape index (κ2) is 7.74. The second-order valence-electron chi connectivity index (χ2n) is 7.41. The predicted octanol–water partition coefficient (Wildman–Crippen LogP) is 3.72. The van der Waals surface area contributed by atoms with Gasteiger partial charge in [-0.3, -0.25) is 14.5 Å². The molecule has 1 aliphatic rings. The second-order valence-corrected chi connectivity index (χ2v) is 7.41. The van der Waals surface area contributed by atoms with Gasteiger partial charge in [-0.15, -0.1) is 0 Å². The van der Waals surface area contributed by atoms with E-state index in [1.807, 2.05) is 60.4 Å². The molecule has 1 aliphatic carbocycles.